The van der Waals surface area contributed by atoms with Gasteiger partial charge in [0.05, 0.1) is 0 Å². The van der Waals surface area contributed by atoms with Gasteiger partial charge in [0, 0.05) is 11.5 Å². The van der Waals surface area contributed by atoms with E-state index in [2.05, 4.69) is 18.2 Å². The Kier molecular flexibility index (Phi) is 2.59. The third-order valence-electron chi connectivity index (χ3n) is 2.46. The first-order valence-electron chi connectivity index (χ1n) is 4.78. The lowest BCUT2D eigenvalue weighted by Gasteiger charge is -2.14. The second kappa shape index (κ2) is 4.05. The number of hydrogen-bond donors (Lipinski definition) is 0. The van der Waals surface area contributed by atoms with Gasteiger partial charge in [-0.2, -0.15) is 0 Å². The Morgan fingerprint density at radius 3 is 2.71 bits per heavy atom. The van der Waals surface area contributed by atoms with Crippen molar-refractivity contribution in [3.63, 3.8) is 0 Å². The lowest BCUT2D eigenvalue weighted by molar-refractivity contribution is -0.104. The molecule has 0 spiro atoms. The van der Waals surface area contributed by atoms with Crippen molar-refractivity contribution in [2.45, 2.75) is 12.3 Å². The van der Waals surface area contributed by atoms with Crippen LogP contribution < -0.4 is 0 Å². The number of carbonyl (C=O) groups is 1. The van der Waals surface area contributed by atoms with Crippen LogP contribution in [-0.2, 0) is 4.79 Å². The fourth-order valence-electron chi connectivity index (χ4n) is 1.72. The molecule has 0 bridgehead atoms. The van der Waals surface area contributed by atoms with E-state index in [9.17, 15) is 4.79 Å². The molecule has 0 aromatic heterocycles. The summed E-state index contributed by atoms with van der Waals surface area (Å²) in [7, 11) is 0. The number of hydrogen-bond acceptors (Lipinski definition) is 1. The smallest absolute Gasteiger partial charge is 0.149 e. The van der Waals surface area contributed by atoms with Crippen LogP contribution in [-0.4, -0.2) is 6.29 Å². The summed E-state index contributed by atoms with van der Waals surface area (Å²) < 4.78 is 0. The quantitative estimate of drug-likeness (QED) is 0.646. The van der Waals surface area contributed by atoms with E-state index in [1.807, 2.05) is 30.4 Å². The monoisotopic (exact) mass is 184 g/mol. The SMILES string of the molecule is O=CC1=CC(c2ccccc2)CC=C1. The van der Waals surface area contributed by atoms with Crippen LogP contribution in [0.4, 0.5) is 0 Å². The Morgan fingerprint density at radius 1 is 1.21 bits per heavy atom. The van der Waals surface area contributed by atoms with E-state index in [1.165, 1.54) is 5.56 Å². The van der Waals surface area contributed by atoms with Crippen LogP contribution in [0.2, 0.25) is 0 Å². The van der Waals surface area contributed by atoms with Gasteiger partial charge >= 0.3 is 0 Å². The highest BCUT2D eigenvalue weighted by molar-refractivity contribution is 5.78. The predicted molar refractivity (Wildman–Crippen MR) is 57.1 cm³/mol. The number of aldehydes is 1. The average molecular weight is 184 g/mol. The Balaban J connectivity index is 2.26. The highest BCUT2D eigenvalue weighted by Gasteiger charge is 2.10. The first kappa shape index (κ1) is 8.95. The standard InChI is InChI=1S/C13H12O/c14-10-11-5-4-8-13(9-11)12-6-2-1-3-7-12/h1-7,9-10,13H,8H2. The van der Waals surface area contributed by atoms with Crippen LogP contribution in [0.25, 0.3) is 0 Å². The van der Waals surface area contributed by atoms with E-state index in [0.29, 0.717) is 5.92 Å². The average Bonchev–Trinajstić information content (AvgIpc) is 2.30. The highest BCUT2D eigenvalue weighted by atomic mass is 16.1. The second-order valence-electron chi connectivity index (χ2n) is 3.44. The third-order valence-corrected chi connectivity index (χ3v) is 2.46. The van der Waals surface area contributed by atoms with Crippen LogP contribution in [0.1, 0.15) is 17.9 Å². The van der Waals surface area contributed by atoms with Gasteiger partial charge in [-0.25, -0.2) is 0 Å². The topological polar surface area (TPSA) is 17.1 Å². The van der Waals surface area contributed by atoms with E-state index in [1.54, 1.807) is 0 Å². The zero-order chi connectivity index (χ0) is 9.80. The minimum absolute atomic E-state index is 0.362. The molecule has 1 aromatic rings. The van der Waals surface area contributed by atoms with Crippen LogP contribution >= 0.6 is 0 Å². The highest BCUT2D eigenvalue weighted by Crippen LogP contribution is 2.26. The van der Waals surface area contributed by atoms with Gasteiger partial charge in [0.15, 0.2) is 0 Å². The van der Waals surface area contributed by atoms with Crippen LogP contribution in [0.5, 0.6) is 0 Å². The Labute approximate surface area is 83.8 Å². The van der Waals surface area contributed by atoms with E-state index in [-0.39, 0.29) is 0 Å². The summed E-state index contributed by atoms with van der Waals surface area (Å²) in [5, 5.41) is 0. The molecule has 0 aliphatic heterocycles. The Bertz CT molecular complexity index is 373. The Hall–Kier alpha value is -1.63. The molecule has 0 N–H and O–H groups in total. The molecule has 1 unspecified atom stereocenters. The third kappa shape index (κ3) is 1.82. The molecule has 14 heavy (non-hydrogen) atoms. The van der Waals surface area contributed by atoms with Crippen molar-refractivity contribution >= 4 is 6.29 Å². The van der Waals surface area contributed by atoms with Crippen LogP contribution in [0, 0.1) is 0 Å². The summed E-state index contributed by atoms with van der Waals surface area (Å²) in [5.74, 6) is 0.362. The van der Waals surface area contributed by atoms with Crippen molar-refractivity contribution in [3.8, 4) is 0 Å². The molecule has 1 aliphatic carbocycles. The first-order chi connectivity index (χ1) is 6.90. The second-order valence-corrected chi connectivity index (χ2v) is 3.44. The fraction of sp³-hybridized carbons (Fsp3) is 0.154. The van der Waals surface area contributed by atoms with Crippen molar-refractivity contribution in [3.05, 3.63) is 59.7 Å². The molecule has 1 aromatic carbocycles. The number of benzene rings is 1. The molecule has 1 heteroatoms. The van der Waals surface area contributed by atoms with E-state index in [0.717, 1.165) is 18.3 Å². The molecule has 70 valence electrons. The Morgan fingerprint density at radius 2 is 2.00 bits per heavy atom. The van der Waals surface area contributed by atoms with Crippen molar-refractivity contribution in [1.29, 1.82) is 0 Å². The summed E-state index contributed by atoms with van der Waals surface area (Å²) in [4.78, 5) is 10.6. The largest absolute Gasteiger partial charge is 0.298 e. The van der Waals surface area contributed by atoms with Crippen LogP contribution in [0.15, 0.2) is 54.1 Å². The molecule has 1 nitrogen and oxygen atoms in total. The summed E-state index contributed by atoms with van der Waals surface area (Å²) in [5.41, 5.74) is 2.06. The molecule has 0 amide bonds. The van der Waals surface area contributed by atoms with Gasteiger partial charge in [0.2, 0.25) is 0 Å². The summed E-state index contributed by atoms with van der Waals surface area (Å²) >= 11 is 0. The number of carbonyl (C=O) groups excluding carboxylic acids is 1. The molecule has 0 radical (unpaired) electrons. The maximum absolute atomic E-state index is 10.6. The molecule has 0 fully saturated rings. The molecular weight excluding hydrogens is 172 g/mol. The number of rotatable bonds is 2. The first-order valence-corrected chi connectivity index (χ1v) is 4.78. The maximum Gasteiger partial charge on any atom is 0.149 e. The van der Waals surface area contributed by atoms with Crippen molar-refractivity contribution in [2.24, 2.45) is 0 Å². The molecular formula is C13H12O. The lowest BCUT2D eigenvalue weighted by atomic mass is 9.90. The van der Waals surface area contributed by atoms with Crippen LogP contribution in [0.3, 0.4) is 0 Å². The zero-order valence-electron chi connectivity index (χ0n) is 7.89. The van der Waals surface area contributed by atoms with Gasteiger partial charge in [-0.3, -0.25) is 4.79 Å². The van der Waals surface area contributed by atoms with E-state index < -0.39 is 0 Å². The molecule has 0 heterocycles. The molecule has 1 aliphatic rings. The van der Waals surface area contributed by atoms with E-state index >= 15 is 0 Å². The van der Waals surface area contributed by atoms with Crippen molar-refractivity contribution in [1.82, 2.24) is 0 Å². The van der Waals surface area contributed by atoms with Gasteiger partial charge in [0.25, 0.3) is 0 Å². The predicted octanol–water partition coefficient (Wildman–Crippen LogP) is 2.86. The molecule has 0 saturated carbocycles. The van der Waals surface area contributed by atoms with Crippen molar-refractivity contribution in [2.75, 3.05) is 0 Å². The maximum atomic E-state index is 10.6. The molecule has 0 saturated heterocycles. The van der Waals surface area contributed by atoms with Gasteiger partial charge in [-0.15, -0.1) is 0 Å². The summed E-state index contributed by atoms with van der Waals surface area (Å²) in [6.07, 6.45) is 7.86. The minimum Gasteiger partial charge on any atom is -0.298 e. The zero-order valence-corrected chi connectivity index (χ0v) is 7.89. The normalized spacial score (nSPS) is 20.3. The van der Waals surface area contributed by atoms with Gasteiger partial charge < -0.3 is 0 Å². The molecule has 2 rings (SSSR count). The minimum atomic E-state index is 0.362. The molecule has 1 atom stereocenters. The number of allylic oxidation sites excluding steroid dienone is 4. The van der Waals surface area contributed by atoms with Gasteiger partial charge in [-0.05, 0) is 12.0 Å². The fourth-order valence-corrected chi connectivity index (χ4v) is 1.72. The summed E-state index contributed by atoms with van der Waals surface area (Å²) in [6.45, 7) is 0. The van der Waals surface area contributed by atoms with E-state index in [4.69, 9.17) is 0 Å². The lowest BCUT2D eigenvalue weighted by Crippen LogP contribution is -1.99. The van der Waals surface area contributed by atoms with Gasteiger partial charge in [-0.1, -0.05) is 48.6 Å². The van der Waals surface area contributed by atoms with Gasteiger partial charge in [0.1, 0.15) is 6.29 Å². The van der Waals surface area contributed by atoms with Crippen molar-refractivity contribution < 1.29 is 4.79 Å². The summed E-state index contributed by atoms with van der Waals surface area (Å²) in [6, 6.07) is 10.3.